The Morgan fingerprint density at radius 1 is 1.40 bits per heavy atom. The standard InChI is InChI=1S/C14H17FN2O3/c1-20-14(19)12-4-2-3-7-17(12)13(18)10-6-5-9(16)8-11(10)15/h5-6,8,12H,2-4,7,16H2,1H3. The number of nitrogens with zero attached hydrogens (tertiary/aromatic N) is 1. The van der Waals surface area contributed by atoms with Crippen LogP contribution >= 0.6 is 0 Å². The first-order valence-corrected chi connectivity index (χ1v) is 6.48. The number of hydrogen-bond acceptors (Lipinski definition) is 4. The molecule has 1 aliphatic heterocycles. The molecule has 0 radical (unpaired) electrons. The average Bonchev–Trinajstić information content (AvgIpc) is 2.46. The summed E-state index contributed by atoms with van der Waals surface area (Å²) in [7, 11) is 1.28. The highest BCUT2D eigenvalue weighted by atomic mass is 19.1. The van der Waals surface area contributed by atoms with Crippen LogP contribution in [0.1, 0.15) is 29.6 Å². The van der Waals surface area contributed by atoms with E-state index in [1.54, 1.807) is 0 Å². The molecule has 0 aliphatic carbocycles. The lowest BCUT2D eigenvalue weighted by Gasteiger charge is -2.33. The Labute approximate surface area is 116 Å². The van der Waals surface area contributed by atoms with E-state index < -0.39 is 23.7 Å². The van der Waals surface area contributed by atoms with Crippen molar-refractivity contribution in [3.05, 3.63) is 29.6 Å². The maximum absolute atomic E-state index is 13.8. The Balaban J connectivity index is 2.27. The molecule has 1 aromatic carbocycles. The van der Waals surface area contributed by atoms with Crippen molar-refractivity contribution in [2.45, 2.75) is 25.3 Å². The van der Waals surface area contributed by atoms with E-state index in [1.807, 2.05) is 0 Å². The van der Waals surface area contributed by atoms with Gasteiger partial charge in [0.2, 0.25) is 0 Å². The van der Waals surface area contributed by atoms with Crippen LogP contribution in [0, 0.1) is 5.82 Å². The van der Waals surface area contributed by atoms with Crippen molar-refractivity contribution in [3.8, 4) is 0 Å². The van der Waals surface area contributed by atoms with Crippen LogP contribution < -0.4 is 5.73 Å². The number of methoxy groups -OCH3 is 1. The maximum atomic E-state index is 13.8. The fourth-order valence-electron chi connectivity index (χ4n) is 2.42. The number of rotatable bonds is 2. The number of likely N-dealkylation sites (tertiary alicyclic amines) is 1. The number of hydrogen-bond donors (Lipinski definition) is 1. The first-order valence-electron chi connectivity index (χ1n) is 6.48. The van der Waals surface area contributed by atoms with E-state index in [0.29, 0.717) is 13.0 Å². The number of carbonyl (C=O) groups is 2. The van der Waals surface area contributed by atoms with E-state index in [1.165, 1.54) is 24.1 Å². The number of ether oxygens (including phenoxy) is 1. The van der Waals surface area contributed by atoms with Gasteiger partial charge in [-0.05, 0) is 37.5 Å². The molecule has 1 saturated heterocycles. The first-order chi connectivity index (χ1) is 9.54. The van der Waals surface area contributed by atoms with Crippen molar-refractivity contribution >= 4 is 17.6 Å². The van der Waals surface area contributed by atoms with Gasteiger partial charge in [-0.1, -0.05) is 0 Å². The highest BCUT2D eigenvalue weighted by molar-refractivity contribution is 5.97. The summed E-state index contributed by atoms with van der Waals surface area (Å²) < 4.78 is 18.5. The van der Waals surface area contributed by atoms with Gasteiger partial charge >= 0.3 is 5.97 Å². The third-order valence-electron chi connectivity index (χ3n) is 3.46. The molecule has 1 aromatic rings. The molecule has 1 fully saturated rings. The van der Waals surface area contributed by atoms with Crippen LogP contribution in [0.3, 0.4) is 0 Å². The Morgan fingerprint density at radius 3 is 2.80 bits per heavy atom. The minimum absolute atomic E-state index is 0.0741. The lowest BCUT2D eigenvalue weighted by atomic mass is 10.0. The second kappa shape index (κ2) is 5.90. The molecule has 108 valence electrons. The zero-order valence-electron chi connectivity index (χ0n) is 11.3. The zero-order chi connectivity index (χ0) is 14.7. The summed E-state index contributed by atoms with van der Waals surface area (Å²) in [6, 6.07) is 3.27. The molecule has 6 heteroatoms. The largest absolute Gasteiger partial charge is 0.467 e. The molecule has 20 heavy (non-hydrogen) atoms. The van der Waals surface area contributed by atoms with Gasteiger partial charge in [0.25, 0.3) is 5.91 Å². The summed E-state index contributed by atoms with van der Waals surface area (Å²) in [6.07, 6.45) is 2.17. The molecule has 1 amide bonds. The van der Waals surface area contributed by atoms with Gasteiger partial charge in [-0.3, -0.25) is 4.79 Å². The predicted molar refractivity (Wildman–Crippen MR) is 71.5 cm³/mol. The van der Waals surface area contributed by atoms with Crippen molar-refractivity contribution in [1.82, 2.24) is 4.90 Å². The van der Waals surface area contributed by atoms with Crippen molar-refractivity contribution < 1.29 is 18.7 Å². The Morgan fingerprint density at radius 2 is 2.15 bits per heavy atom. The van der Waals surface area contributed by atoms with Crippen LogP contribution in [0.5, 0.6) is 0 Å². The van der Waals surface area contributed by atoms with E-state index in [-0.39, 0.29) is 11.3 Å². The molecule has 1 unspecified atom stereocenters. The van der Waals surface area contributed by atoms with Crippen LogP contribution in [0.2, 0.25) is 0 Å². The molecule has 1 heterocycles. The van der Waals surface area contributed by atoms with Crippen LogP contribution in [0.25, 0.3) is 0 Å². The number of esters is 1. The number of amides is 1. The van der Waals surface area contributed by atoms with Crippen molar-refractivity contribution in [1.29, 1.82) is 0 Å². The van der Waals surface area contributed by atoms with Gasteiger partial charge in [0.15, 0.2) is 0 Å². The van der Waals surface area contributed by atoms with Gasteiger partial charge in [-0.15, -0.1) is 0 Å². The molecule has 2 N–H and O–H groups in total. The quantitative estimate of drug-likeness (QED) is 0.659. The summed E-state index contributed by atoms with van der Waals surface area (Å²) in [5.41, 5.74) is 5.64. The van der Waals surface area contributed by atoms with Crippen LogP contribution in [0.4, 0.5) is 10.1 Å². The third-order valence-corrected chi connectivity index (χ3v) is 3.46. The number of piperidine rings is 1. The Hall–Kier alpha value is -2.11. The van der Waals surface area contributed by atoms with Gasteiger partial charge < -0.3 is 15.4 Å². The smallest absolute Gasteiger partial charge is 0.328 e. The number of nitrogen functional groups attached to an aromatic ring is 1. The summed E-state index contributed by atoms with van der Waals surface area (Å²) in [4.78, 5) is 25.5. The molecule has 2 rings (SSSR count). The summed E-state index contributed by atoms with van der Waals surface area (Å²) in [6.45, 7) is 0.419. The molecule has 5 nitrogen and oxygen atoms in total. The minimum Gasteiger partial charge on any atom is -0.467 e. The normalized spacial score (nSPS) is 18.7. The molecule has 1 atom stereocenters. The number of carbonyl (C=O) groups excluding carboxylic acids is 2. The van der Waals surface area contributed by atoms with E-state index in [0.717, 1.165) is 18.9 Å². The summed E-state index contributed by atoms with van der Waals surface area (Å²) in [5.74, 6) is -1.64. The molecule has 0 saturated carbocycles. The van der Waals surface area contributed by atoms with E-state index in [4.69, 9.17) is 10.5 Å². The summed E-state index contributed by atoms with van der Waals surface area (Å²) in [5, 5.41) is 0. The second-order valence-corrected chi connectivity index (χ2v) is 4.77. The van der Waals surface area contributed by atoms with Crippen molar-refractivity contribution in [3.63, 3.8) is 0 Å². The molecule has 0 bridgehead atoms. The molecular formula is C14H17FN2O3. The number of halogens is 1. The van der Waals surface area contributed by atoms with Crippen LogP contribution in [-0.2, 0) is 9.53 Å². The van der Waals surface area contributed by atoms with Crippen molar-refractivity contribution in [2.24, 2.45) is 0 Å². The lowest BCUT2D eigenvalue weighted by molar-refractivity contribution is -0.147. The highest BCUT2D eigenvalue weighted by Crippen LogP contribution is 2.22. The van der Waals surface area contributed by atoms with E-state index in [9.17, 15) is 14.0 Å². The van der Waals surface area contributed by atoms with Gasteiger partial charge in [0.05, 0.1) is 12.7 Å². The third kappa shape index (κ3) is 2.74. The van der Waals surface area contributed by atoms with Crippen molar-refractivity contribution in [2.75, 3.05) is 19.4 Å². The number of benzene rings is 1. The van der Waals surface area contributed by atoms with Gasteiger partial charge in [-0.2, -0.15) is 0 Å². The van der Waals surface area contributed by atoms with Gasteiger partial charge in [0, 0.05) is 12.2 Å². The monoisotopic (exact) mass is 280 g/mol. The molecular weight excluding hydrogens is 263 g/mol. The fraction of sp³-hybridized carbons (Fsp3) is 0.429. The highest BCUT2D eigenvalue weighted by Gasteiger charge is 2.34. The average molecular weight is 280 g/mol. The first kappa shape index (κ1) is 14.3. The zero-order valence-corrected chi connectivity index (χ0v) is 11.3. The molecule has 0 spiro atoms. The number of anilines is 1. The topological polar surface area (TPSA) is 72.6 Å². The van der Waals surface area contributed by atoms with E-state index >= 15 is 0 Å². The van der Waals surface area contributed by atoms with E-state index in [2.05, 4.69) is 0 Å². The molecule has 0 aromatic heterocycles. The van der Waals surface area contributed by atoms with Crippen LogP contribution in [0.15, 0.2) is 18.2 Å². The minimum atomic E-state index is -0.677. The number of nitrogens with two attached hydrogens (primary N) is 1. The SMILES string of the molecule is COC(=O)C1CCCCN1C(=O)c1ccc(N)cc1F. The molecule has 1 aliphatic rings. The van der Waals surface area contributed by atoms with Crippen LogP contribution in [-0.4, -0.2) is 36.5 Å². The Bertz CT molecular complexity index is 533. The fourth-order valence-corrected chi connectivity index (χ4v) is 2.42. The second-order valence-electron chi connectivity index (χ2n) is 4.77. The van der Waals surface area contributed by atoms with Gasteiger partial charge in [0.1, 0.15) is 11.9 Å². The lowest BCUT2D eigenvalue weighted by Crippen LogP contribution is -2.48. The predicted octanol–water partition coefficient (Wildman–Crippen LogP) is 1.58. The van der Waals surface area contributed by atoms with Gasteiger partial charge in [-0.25, -0.2) is 9.18 Å². The Kier molecular flexibility index (Phi) is 4.22. The maximum Gasteiger partial charge on any atom is 0.328 e. The summed E-state index contributed by atoms with van der Waals surface area (Å²) >= 11 is 0.